The molecule has 0 N–H and O–H groups in total. The minimum absolute atomic E-state index is 0.179. The smallest absolute Gasteiger partial charge is 0.340 e. The monoisotopic (exact) mass is 387 g/mol. The van der Waals surface area contributed by atoms with Gasteiger partial charge in [-0.3, -0.25) is 4.79 Å². The van der Waals surface area contributed by atoms with Crippen molar-refractivity contribution < 1.29 is 14.3 Å². The van der Waals surface area contributed by atoms with Crippen LogP contribution in [0.5, 0.6) is 0 Å². The second-order valence-electron chi connectivity index (χ2n) is 7.69. The molecule has 1 saturated carbocycles. The first-order chi connectivity index (χ1) is 12.9. The molecular formula is C20H25N3O3S. The molecule has 1 aromatic rings. The number of hydrogen-bond donors (Lipinski definition) is 0. The van der Waals surface area contributed by atoms with Crippen LogP contribution in [0.2, 0.25) is 0 Å². The third kappa shape index (κ3) is 4.62. The minimum Gasteiger partial charge on any atom is -0.452 e. The van der Waals surface area contributed by atoms with Gasteiger partial charge in [0.25, 0.3) is 5.91 Å². The lowest BCUT2D eigenvalue weighted by atomic mass is 9.92. The van der Waals surface area contributed by atoms with E-state index in [-0.39, 0.29) is 23.6 Å². The van der Waals surface area contributed by atoms with Crippen molar-refractivity contribution in [3.05, 3.63) is 22.9 Å². The number of carbonyl (C=O) groups excluding carboxylic acids is 2. The van der Waals surface area contributed by atoms with Gasteiger partial charge in [-0.2, -0.15) is 5.26 Å². The second kappa shape index (κ2) is 8.30. The SMILES string of the molecule is CSc1nc(C2CC2)cc(C(=O)OCC(=O)N2CC(C)CC(C)C2)c1C#N. The molecule has 0 radical (unpaired) electrons. The number of ether oxygens (including phenoxy) is 1. The molecule has 2 aliphatic rings. The third-order valence-corrected chi connectivity index (χ3v) is 5.76. The molecule has 6 nitrogen and oxygen atoms in total. The average Bonchev–Trinajstić information content (AvgIpc) is 3.49. The van der Waals surface area contributed by atoms with E-state index in [2.05, 4.69) is 24.9 Å². The molecule has 1 amide bonds. The van der Waals surface area contributed by atoms with E-state index in [1.54, 1.807) is 11.0 Å². The summed E-state index contributed by atoms with van der Waals surface area (Å²) in [7, 11) is 0. The number of esters is 1. The highest BCUT2D eigenvalue weighted by molar-refractivity contribution is 7.98. The first-order valence-corrected chi connectivity index (χ1v) is 10.6. The van der Waals surface area contributed by atoms with Crippen LogP contribution < -0.4 is 0 Å². The van der Waals surface area contributed by atoms with Gasteiger partial charge in [0.1, 0.15) is 11.1 Å². The van der Waals surface area contributed by atoms with Crippen molar-refractivity contribution in [2.75, 3.05) is 26.0 Å². The molecule has 27 heavy (non-hydrogen) atoms. The van der Waals surface area contributed by atoms with Crippen molar-refractivity contribution in [3.8, 4) is 6.07 Å². The summed E-state index contributed by atoms with van der Waals surface area (Å²) in [6.45, 7) is 5.35. The van der Waals surface area contributed by atoms with Gasteiger partial charge in [0.2, 0.25) is 0 Å². The minimum atomic E-state index is -0.627. The fourth-order valence-electron chi connectivity index (χ4n) is 3.71. The Kier molecular flexibility index (Phi) is 6.05. The Morgan fingerprint density at radius 1 is 1.33 bits per heavy atom. The first-order valence-electron chi connectivity index (χ1n) is 9.36. The Morgan fingerprint density at radius 3 is 2.56 bits per heavy atom. The number of thioether (sulfide) groups is 1. The van der Waals surface area contributed by atoms with Gasteiger partial charge >= 0.3 is 5.97 Å². The molecule has 1 aliphatic carbocycles. The van der Waals surface area contributed by atoms with E-state index < -0.39 is 5.97 Å². The van der Waals surface area contributed by atoms with Crippen LogP contribution in [0, 0.1) is 23.2 Å². The Morgan fingerprint density at radius 2 is 2.00 bits per heavy atom. The van der Waals surface area contributed by atoms with Crippen LogP contribution in [0.25, 0.3) is 0 Å². The molecule has 0 spiro atoms. The molecule has 7 heteroatoms. The van der Waals surface area contributed by atoms with Crippen molar-refractivity contribution >= 4 is 23.6 Å². The van der Waals surface area contributed by atoms with Gasteiger partial charge in [0.15, 0.2) is 6.61 Å². The number of likely N-dealkylation sites (tertiary alicyclic amines) is 1. The van der Waals surface area contributed by atoms with Crippen LogP contribution in [0.4, 0.5) is 0 Å². The Balaban J connectivity index is 1.71. The van der Waals surface area contributed by atoms with Gasteiger partial charge in [-0.15, -0.1) is 11.8 Å². The van der Waals surface area contributed by atoms with Gasteiger partial charge in [-0.1, -0.05) is 13.8 Å². The van der Waals surface area contributed by atoms with E-state index in [1.165, 1.54) is 11.8 Å². The van der Waals surface area contributed by atoms with Crippen molar-refractivity contribution in [1.82, 2.24) is 9.88 Å². The lowest BCUT2D eigenvalue weighted by molar-refractivity contribution is -0.137. The number of rotatable bonds is 5. The van der Waals surface area contributed by atoms with Gasteiger partial charge < -0.3 is 9.64 Å². The highest BCUT2D eigenvalue weighted by Crippen LogP contribution is 2.40. The van der Waals surface area contributed by atoms with E-state index in [9.17, 15) is 14.9 Å². The standard InChI is InChI=1S/C20H25N3O3S/c1-12-6-13(2)10-23(9-12)18(24)11-26-20(25)15-7-17(14-4-5-14)22-19(27-3)16(15)8-21/h7,12-14H,4-6,9-11H2,1-3H3. The molecule has 0 aromatic carbocycles. The normalized spacial score (nSPS) is 22.2. The predicted octanol–water partition coefficient (Wildman–Crippen LogP) is 3.21. The summed E-state index contributed by atoms with van der Waals surface area (Å²) in [5.74, 6) is 0.445. The summed E-state index contributed by atoms with van der Waals surface area (Å²) in [6, 6.07) is 3.73. The molecule has 2 heterocycles. The molecule has 2 atom stereocenters. The molecular weight excluding hydrogens is 362 g/mol. The number of nitrogens with zero attached hydrogens (tertiary/aromatic N) is 3. The maximum atomic E-state index is 12.6. The van der Waals surface area contributed by atoms with Gasteiger partial charge in [-0.05, 0) is 43.4 Å². The zero-order chi connectivity index (χ0) is 19.6. The van der Waals surface area contributed by atoms with E-state index in [0.29, 0.717) is 35.9 Å². The van der Waals surface area contributed by atoms with Crippen molar-refractivity contribution in [3.63, 3.8) is 0 Å². The largest absolute Gasteiger partial charge is 0.452 e. The summed E-state index contributed by atoms with van der Waals surface area (Å²) in [4.78, 5) is 31.4. The molecule has 0 bridgehead atoms. The lowest BCUT2D eigenvalue weighted by Crippen LogP contribution is -2.44. The summed E-state index contributed by atoms with van der Waals surface area (Å²) in [5, 5.41) is 10.0. The molecule has 2 fully saturated rings. The number of pyridine rings is 1. The maximum absolute atomic E-state index is 12.6. The van der Waals surface area contributed by atoms with Gasteiger partial charge in [0, 0.05) is 24.7 Å². The van der Waals surface area contributed by atoms with Gasteiger partial charge in [0.05, 0.1) is 11.1 Å². The van der Waals surface area contributed by atoms with E-state index in [0.717, 1.165) is 25.0 Å². The number of piperidine rings is 1. The number of carbonyl (C=O) groups is 2. The first kappa shape index (κ1) is 19.7. The number of amides is 1. The number of nitriles is 1. The lowest BCUT2D eigenvalue weighted by Gasteiger charge is -2.34. The fourth-order valence-corrected chi connectivity index (χ4v) is 4.26. The van der Waals surface area contributed by atoms with Crippen LogP contribution in [0.3, 0.4) is 0 Å². The van der Waals surface area contributed by atoms with Crippen LogP contribution in [0.15, 0.2) is 11.1 Å². The number of hydrogen-bond acceptors (Lipinski definition) is 6. The number of aromatic nitrogens is 1. The summed E-state index contributed by atoms with van der Waals surface area (Å²) < 4.78 is 5.29. The molecule has 144 valence electrons. The van der Waals surface area contributed by atoms with Crippen LogP contribution in [-0.4, -0.2) is 47.7 Å². The van der Waals surface area contributed by atoms with Crippen LogP contribution >= 0.6 is 11.8 Å². The fraction of sp³-hybridized carbons (Fsp3) is 0.600. The maximum Gasteiger partial charge on any atom is 0.340 e. The third-order valence-electron chi connectivity index (χ3n) is 5.08. The quantitative estimate of drug-likeness (QED) is 0.570. The zero-order valence-corrected chi connectivity index (χ0v) is 16.8. The molecule has 1 aliphatic heterocycles. The average molecular weight is 388 g/mol. The molecule has 1 saturated heterocycles. The molecule has 3 rings (SSSR count). The van der Waals surface area contributed by atoms with Crippen molar-refractivity contribution in [1.29, 1.82) is 5.26 Å². The molecule has 2 unspecified atom stereocenters. The van der Waals surface area contributed by atoms with Crippen LogP contribution in [0.1, 0.15) is 60.6 Å². The van der Waals surface area contributed by atoms with E-state index in [1.807, 2.05) is 6.26 Å². The summed E-state index contributed by atoms with van der Waals surface area (Å²) >= 11 is 1.34. The Bertz CT molecular complexity index is 775. The van der Waals surface area contributed by atoms with E-state index >= 15 is 0 Å². The van der Waals surface area contributed by atoms with Crippen LogP contribution in [-0.2, 0) is 9.53 Å². The van der Waals surface area contributed by atoms with Crippen molar-refractivity contribution in [2.45, 2.75) is 44.1 Å². The highest BCUT2D eigenvalue weighted by Gasteiger charge is 2.30. The summed E-state index contributed by atoms with van der Waals surface area (Å²) in [6.07, 6.45) is 5.03. The Hall–Kier alpha value is -2.07. The van der Waals surface area contributed by atoms with Crippen molar-refractivity contribution in [2.24, 2.45) is 11.8 Å². The second-order valence-corrected chi connectivity index (χ2v) is 8.48. The van der Waals surface area contributed by atoms with Gasteiger partial charge in [-0.25, -0.2) is 9.78 Å². The highest BCUT2D eigenvalue weighted by atomic mass is 32.2. The predicted molar refractivity (Wildman–Crippen MR) is 103 cm³/mol. The molecule has 1 aromatic heterocycles. The summed E-state index contributed by atoms with van der Waals surface area (Å²) in [5.41, 5.74) is 1.27. The zero-order valence-electron chi connectivity index (χ0n) is 16.0. The van der Waals surface area contributed by atoms with E-state index in [4.69, 9.17) is 4.74 Å². The topological polar surface area (TPSA) is 83.3 Å². The Labute approximate surface area is 164 Å².